The number of aliphatic hydroxyl groups is 2. The molecule has 29 heavy (non-hydrogen) atoms. The Labute approximate surface area is 179 Å². The zero-order chi connectivity index (χ0) is 21.2. The van der Waals surface area contributed by atoms with Gasteiger partial charge in [-0.3, -0.25) is 0 Å². The van der Waals surface area contributed by atoms with E-state index >= 15 is 0 Å². The molecule has 2 nitrogen and oxygen atoms in total. The van der Waals surface area contributed by atoms with Crippen molar-refractivity contribution in [2.24, 2.45) is 23.2 Å². The van der Waals surface area contributed by atoms with Crippen molar-refractivity contribution < 1.29 is 10.2 Å². The Bertz CT molecular complexity index is 650. The molecule has 0 spiro atoms. The molecule has 3 aliphatic rings. The summed E-state index contributed by atoms with van der Waals surface area (Å²) in [7, 11) is 0. The van der Waals surface area contributed by atoms with E-state index in [0.29, 0.717) is 5.41 Å². The number of aliphatic hydroxyl groups excluding tert-OH is 1. The fraction of sp³-hybridized carbons (Fsp3) is 0.778. The minimum Gasteiger partial charge on any atom is -0.390 e. The van der Waals surface area contributed by atoms with Gasteiger partial charge in [0.2, 0.25) is 0 Å². The third-order valence-corrected chi connectivity index (χ3v) is 8.41. The van der Waals surface area contributed by atoms with Crippen molar-refractivity contribution >= 4 is 0 Å². The molecule has 0 aliphatic heterocycles. The van der Waals surface area contributed by atoms with Gasteiger partial charge in [-0.05, 0) is 106 Å². The van der Waals surface area contributed by atoms with Crippen molar-refractivity contribution in [1.29, 1.82) is 0 Å². The van der Waals surface area contributed by atoms with Crippen LogP contribution in [0.2, 0.25) is 0 Å². The Kier molecular flexibility index (Phi) is 7.16. The lowest BCUT2D eigenvalue weighted by Gasteiger charge is -2.44. The first-order valence-electron chi connectivity index (χ1n) is 12.1. The molecule has 164 valence electrons. The highest BCUT2D eigenvalue weighted by Gasteiger charge is 2.50. The standard InChI is InChI=1S/C27H44O2/c1-19(9-7-17-26(3,4)29)23-15-16-24-22(11-8-18-27(23,24)5)14-13-21-10-6-12-25(28)20(21)2/h13-14,19,23-25,28-29H,2,6-12,15-18H2,1,3-5H3/b21-13+,22-14+/t19-,23-,24+,25+,27-/m1/s1. The van der Waals surface area contributed by atoms with Gasteiger partial charge in [-0.25, -0.2) is 0 Å². The Morgan fingerprint density at radius 2 is 1.93 bits per heavy atom. The second-order valence-electron chi connectivity index (χ2n) is 11.1. The zero-order valence-electron chi connectivity index (χ0n) is 19.3. The van der Waals surface area contributed by atoms with E-state index in [4.69, 9.17) is 0 Å². The molecule has 0 heterocycles. The van der Waals surface area contributed by atoms with Crippen molar-refractivity contribution in [3.05, 3.63) is 35.5 Å². The molecule has 0 aromatic rings. The van der Waals surface area contributed by atoms with Crippen LogP contribution in [-0.4, -0.2) is 21.9 Å². The third kappa shape index (κ3) is 5.25. The monoisotopic (exact) mass is 400 g/mol. The van der Waals surface area contributed by atoms with Gasteiger partial charge < -0.3 is 10.2 Å². The van der Waals surface area contributed by atoms with Crippen molar-refractivity contribution in [3.8, 4) is 0 Å². The topological polar surface area (TPSA) is 40.5 Å². The molecule has 3 aliphatic carbocycles. The molecule has 2 heteroatoms. The molecule has 0 radical (unpaired) electrons. The molecular formula is C27H44O2. The van der Waals surface area contributed by atoms with Crippen LogP contribution < -0.4 is 0 Å². The lowest BCUT2D eigenvalue weighted by molar-refractivity contribution is 0.0596. The maximum Gasteiger partial charge on any atom is 0.0787 e. The highest BCUT2D eigenvalue weighted by atomic mass is 16.3. The van der Waals surface area contributed by atoms with E-state index in [-0.39, 0.29) is 6.10 Å². The van der Waals surface area contributed by atoms with Gasteiger partial charge in [-0.2, -0.15) is 0 Å². The van der Waals surface area contributed by atoms with E-state index in [1.165, 1.54) is 44.1 Å². The molecule has 0 aromatic heterocycles. The Hall–Kier alpha value is -0.860. The molecule has 5 atom stereocenters. The molecular weight excluding hydrogens is 356 g/mol. The van der Waals surface area contributed by atoms with E-state index < -0.39 is 5.60 Å². The number of allylic oxidation sites excluding steroid dienone is 3. The van der Waals surface area contributed by atoms with E-state index in [1.54, 1.807) is 5.57 Å². The normalized spacial score (nSPS) is 37.2. The fourth-order valence-corrected chi connectivity index (χ4v) is 6.70. The molecule has 0 saturated heterocycles. The van der Waals surface area contributed by atoms with Crippen LogP contribution in [0, 0.1) is 23.2 Å². The van der Waals surface area contributed by atoms with Gasteiger partial charge in [-0.15, -0.1) is 0 Å². The van der Waals surface area contributed by atoms with Crippen LogP contribution in [0.1, 0.15) is 98.3 Å². The highest BCUT2D eigenvalue weighted by Crippen LogP contribution is 2.60. The fourth-order valence-electron chi connectivity index (χ4n) is 6.70. The SMILES string of the molecule is C=C1/C(=C/C=C2\CCC[C@]3(C)[C@@H]([C@H](C)CCCC(C)(C)O)CC[C@@H]23)CCC[C@@H]1O. The van der Waals surface area contributed by atoms with Crippen LogP contribution >= 0.6 is 0 Å². The summed E-state index contributed by atoms with van der Waals surface area (Å²) in [6.07, 6.45) is 17.2. The summed E-state index contributed by atoms with van der Waals surface area (Å²) in [5.41, 5.74) is 3.74. The molecule has 3 saturated carbocycles. The lowest BCUT2D eigenvalue weighted by atomic mass is 9.60. The van der Waals surface area contributed by atoms with Crippen LogP contribution in [0.3, 0.4) is 0 Å². The molecule has 3 fully saturated rings. The first-order chi connectivity index (χ1) is 13.6. The predicted molar refractivity (Wildman–Crippen MR) is 123 cm³/mol. The summed E-state index contributed by atoms with van der Waals surface area (Å²) in [6, 6.07) is 0. The van der Waals surface area contributed by atoms with Gasteiger partial charge in [0, 0.05) is 0 Å². The van der Waals surface area contributed by atoms with Crippen LogP contribution in [0.15, 0.2) is 35.5 Å². The summed E-state index contributed by atoms with van der Waals surface area (Å²) < 4.78 is 0. The van der Waals surface area contributed by atoms with Crippen LogP contribution in [0.5, 0.6) is 0 Å². The van der Waals surface area contributed by atoms with Gasteiger partial charge in [0.05, 0.1) is 11.7 Å². The number of rotatable bonds is 6. The van der Waals surface area contributed by atoms with Crippen molar-refractivity contribution in [2.45, 2.75) is 110 Å². The summed E-state index contributed by atoms with van der Waals surface area (Å²) in [5.74, 6) is 2.26. The van der Waals surface area contributed by atoms with Gasteiger partial charge in [0.15, 0.2) is 0 Å². The highest BCUT2D eigenvalue weighted by molar-refractivity contribution is 5.37. The second-order valence-corrected chi connectivity index (χ2v) is 11.1. The Morgan fingerprint density at radius 1 is 1.17 bits per heavy atom. The first-order valence-corrected chi connectivity index (χ1v) is 12.1. The molecule has 0 bridgehead atoms. The third-order valence-electron chi connectivity index (χ3n) is 8.41. The van der Waals surface area contributed by atoms with Gasteiger partial charge in [0.25, 0.3) is 0 Å². The van der Waals surface area contributed by atoms with E-state index in [2.05, 4.69) is 32.6 Å². The molecule has 0 aromatic carbocycles. The summed E-state index contributed by atoms with van der Waals surface area (Å²) in [5, 5.41) is 20.2. The quantitative estimate of drug-likeness (QED) is 0.518. The van der Waals surface area contributed by atoms with Crippen LogP contribution in [-0.2, 0) is 0 Å². The molecule has 0 unspecified atom stereocenters. The van der Waals surface area contributed by atoms with Gasteiger partial charge in [-0.1, -0.05) is 51.0 Å². The number of hydrogen-bond donors (Lipinski definition) is 2. The second kappa shape index (κ2) is 9.10. The van der Waals surface area contributed by atoms with Crippen molar-refractivity contribution in [3.63, 3.8) is 0 Å². The number of fused-ring (bicyclic) bond motifs is 1. The largest absolute Gasteiger partial charge is 0.390 e. The lowest BCUT2D eigenvalue weighted by Crippen LogP contribution is -2.36. The molecule has 3 rings (SSSR count). The summed E-state index contributed by atoms with van der Waals surface area (Å²) in [4.78, 5) is 0. The van der Waals surface area contributed by atoms with Crippen LogP contribution in [0.4, 0.5) is 0 Å². The van der Waals surface area contributed by atoms with Crippen LogP contribution in [0.25, 0.3) is 0 Å². The summed E-state index contributed by atoms with van der Waals surface area (Å²) >= 11 is 0. The maximum absolute atomic E-state index is 10.1. The van der Waals surface area contributed by atoms with Gasteiger partial charge >= 0.3 is 0 Å². The number of hydrogen-bond acceptors (Lipinski definition) is 2. The Morgan fingerprint density at radius 3 is 2.66 bits per heavy atom. The maximum atomic E-state index is 10.1. The smallest absolute Gasteiger partial charge is 0.0787 e. The minimum absolute atomic E-state index is 0.342. The van der Waals surface area contributed by atoms with E-state index in [0.717, 1.165) is 55.4 Å². The van der Waals surface area contributed by atoms with E-state index in [1.807, 2.05) is 13.8 Å². The zero-order valence-corrected chi connectivity index (χ0v) is 19.3. The Balaban J connectivity index is 1.68. The first kappa shape index (κ1) is 22.8. The summed E-state index contributed by atoms with van der Waals surface area (Å²) in [6.45, 7) is 13.0. The van der Waals surface area contributed by atoms with Gasteiger partial charge in [0.1, 0.15) is 0 Å². The average Bonchev–Trinajstić information content (AvgIpc) is 2.99. The van der Waals surface area contributed by atoms with E-state index in [9.17, 15) is 10.2 Å². The molecule has 0 amide bonds. The molecule has 2 N–H and O–H groups in total. The average molecular weight is 401 g/mol. The van der Waals surface area contributed by atoms with Crippen molar-refractivity contribution in [2.75, 3.05) is 0 Å². The van der Waals surface area contributed by atoms with Crippen molar-refractivity contribution in [1.82, 2.24) is 0 Å². The minimum atomic E-state index is -0.535. The predicted octanol–water partition coefficient (Wildman–Crippen LogP) is 6.73.